The van der Waals surface area contributed by atoms with Crippen molar-refractivity contribution in [3.05, 3.63) is 90.2 Å². The Kier molecular flexibility index (Phi) is 9.24. The number of anilines is 1. The number of carbonyl (C=O) groups excluding carboxylic acids is 2. The van der Waals surface area contributed by atoms with E-state index >= 15 is 0 Å². The zero-order chi connectivity index (χ0) is 27.0. The van der Waals surface area contributed by atoms with E-state index in [4.69, 9.17) is 4.74 Å². The highest BCUT2D eigenvalue weighted by atomic mass is 32.2. The molecular weight excluding hydrogens is 497 g/mol. The van der Waals surface area contributed by atoms with Crippen LogP contribution >= 0.6 is 0 Å². The summed E-state index contributed by atoms with van der Waals surface area (Å²) in [4.78, 5) is 27.7. The van der Waals surface area contributed by atoms with Crippen molar-refractivity contribution >= 4 is 27.5 Å². The van der Waals surface area contributed by atoms with Crippen molar-refractivity contribution in [1.29, 1.82) is 0 Å². The predicted octanol–water partition coefficient (Wildman–Crippen LogP) is 3.58. The van der Waals surface area contributed by atoms with Gasteiger partial charge in [0.1, 0.15) is 24.2 Å². The number of nitrogens with zero attached hydrogens (tertiary/aromatic N) is 2. The first-order chi connectivity index (χ1) is 17.7. The molecule has 3 aromatic carbocycles. The van der Waals surface area contributed by atoms with E-state index < -0.39 is 40.2 Å². The molecular formula is C27H30FN3O5S. The molecule has 2 amide bonds. The van der Waals surface area contributed by atoms with E-state index in [9.17, 15) is 22.4 Å². The first-order valence-electron chi connectivity index (χ1n) is 11.7. The molecule has 1 atom stereocenters. The first kappa shape index (κ1) is 27.7. The minimum Gasteiger partial charge on any atom is -0.497 e. The van der Waals surface area contributed by atoms with Crippen LogP contribution in [0.5, 0.6) is 5.75 Å². The lowest BCUT2D eigenvalue weighted by atomic mass is 10.1. The number of rotatable bonds is 11. The maximum Gasteiger partial charge on any atom is 0.264 e. The highest BCUT2D eigenvalue weighted by molar-refractivity contribution is 7.92. The van der Waals surface area contributed by atoms with E-state index in [-0.39, 0.29) is 17.1 Å². The highest BCUT2D eigenvalue weighted by Gasteiger charge is 2.32. The van der Waals surface area contributed by atoms with Crippen LogP contribution in [0.1, 0.15) is 19.4 Å². The van der Waals surface area contributed by atoms with Crippen molar-refractivity contribution in [1.82, 2.24) is 10.2 Å². The van der Waals surface area contributed by atoms with Crippen molar-refractivity contribution < 1.29 is 27.1 Å². The van der Waals surface area contributed by atoms with Gasteiger partial charge < -0.3 is 15.0 Å². The van der Waals surface area contributed by atoms with Crippen LogP contribution in [0.3, 0.4) is 0 Å². The van der Waals surface area contributed by atoms with Gasteiger partial charge in [-0.15, -0.1) is 0 Å². The summed E-state index contributed by atoms with van der Waals surface area (Å²) in [6.07, 6.45) is 0. The van der Waals surface area contributed by atoms with Gasteiger partial charge in [0, 0.05) is 19.2 Å². The number of methoxy groups -OCH3 is 1. The van der Waals surface area contributed by atoms with Crippen LogP contribution in [0.15, 0.2) is 83.8 Å². The summed E-state index contributed by atoms with van der Waals surface area (Å²) in [7, 11) is -2.71. The summed E-state index contributed by atoms with van der Waals surface area (Å²) in [5, 5.41) is 2.69. The van der Waals surface area contributed by atoms with Crippen molar-refractivity contribution in [2.45, 2.75) is 31.3 Å². The number of hydrogen-bond donors (Lipinski definition) is 1. The Hall–Kier alpha value is -3.92. The molecule has 0 aliphatic carbocycles. The minimum absolute atomic E-state index is 0.00692. The molecule has 10 heteroatoms. The molecule has 0 saturated heterocycles. The van der Waals surface area contributed by atoms with Gasteiger partial charge in [-0.3, -0.25) is 13.9 Å². The highest BCUT2D eigenvalue weighted by Crippen LogP contribution is 2.27. The lowest BCUT2D eigenvalue weighted by Gasteiger charge is -2.32. The first-order valence-corrected chi connectivity index (χ1v) is 13.1. The third-order valence-corrected chi connectivity index (χ3v) is 7.52. The maximum absolute atomic E-state index is 13.7. The third-order valence-electron chi connectivity index (χ3n) is 5.74. The molecule has 1 N–H and O–H groups in total. The van der Waals surface area contributed by atoms with Crippen LogP contribution in [0.2, 0.25) is 0 Å². The number of halogens is 1. The Morgan fingerprint density at radius 2 is 1.68 bits per heavy atom. The zero-order valence-electron chi connectivity index (χ0n) is 20.9. The fourth-order valence-electron chi connectivity index (χ4n) is 3.71. The van der Waals surface area contributed by atoms with Crippen LogP contribution in [0, 0.1) is 5.82 Å². The summed E-state index contributed by atoms with van der Waals surface area (Å²) < 4.78 is 47.1. The van der Waals surface area contributed by atoms with Gasteiger partial charge in [-0.05, 0) is 55.8 Å². The average Bonchev–Trinajstić information content (AvgIpc) is 2.91. The number of amides is 2. The molecule has 8 nitrogen and oxygen atoms in total. The number of hydrogen-bond acceptors (Lipinski definition) is 5. The molecule has 0 saturated carbocycles. The van der Waals surface area contributed by atoms with Gasteiger partial charge in [-0.1, -0.05) is 36.4 Å². The van der Waals surface area contributed by atoms with Gasteiger partial charge in [0.15, 0.2) is 0 Å². The van der Waals surface area contributed by atoms with Gasteiger partial charge >= 0.3 is 0 Å². The largest absolute Gasteiger partial charge is 0.497 e. The van der Waals surface area contributed by atoms with Crippen LogP contribution in [-0.4, -0.2) is 51.4 Å². The van der Waals surface area contributed by atoms with Crippen LogP contribution in [0.25, 0.3) is 0 Å². The van der Waals surface area contributed by atoms with Crippen molar-refractivity contribution in [2.24, 2.45) is 0 Å². The number of likely N-dealkylation sites (N-methyl/N-ethyl adjacent to an activating group) is 1. The number of ether oxygens (including phenoxy) is 1. The molecule has 196 valence electrons. The predicted molar refractivity (Wildman–Crippen MR) is 139 cm³/mol. The lowest BCUT2D eigenvalue weighted by molar-refractivity contribution is -0.139. The van der Waals surface area contributed by atoms with Crippen molar-refractivity contribution in [3.63, 3.8) is 0 Å². The SMILES string of the molecule is CCNC(=O)C(C)N(Cc1ccc(F)cc1)C(=O)CN(c1cccc(OC)c1)S(=O)(=O)c1ccccc1. The van der Waals surface area contributed by atoms with Crippen LogP contribution < -0.4 is 14.4 Å². The molecule has 0 fully saturated rings. The van der Waals surface area contributed by atoms with E-state index in [2.05, 4.69) is 5.32 Å². The molecule has 0 bridgehead atoms. The molecule has 0 heterocycles. The molecule has 3 aromatic rings. The van der Waals surface area contributed by atoms with E-state index in [1.54, 1.807) is 50.2 Å². The molecule has 1 unspecified atom stereocenters. The van der Waals surface area contributed by atoms with Gasteiger partial charge in [0.2, 0.25) is 11.8 Å². The van der Waals surface area contributed by atoms with E-state index in [0.29, 0.717) is 17.9 Å². The normalized spacial score (nSPS) is 11.9. The maximum atomic E-state index is 13.7. The Labute approximate surface area is 216 Å². The Balaban J connectivity index is 2.03. The summed E-state index contributed by atoms with van der Waals surface area (Å²) in [5.41, 5.74) is 0.814. The topological polar surface area (TPSA) is 96.0 Å². The Bertz CT molecular complexity index is 1320. The fourth-order valence-corrected chi connectivity index (χ4v) is 5.13. The van der Waals surface area contributed by atoms with Crippen LogP contribution in [-0.2, 0) is 26.2 Å². The summed E-state index contributed by atoms with van der Waals surface area (Å²) >= 11 is 0. The van der Waals surface area contributed by atoms with Crippen molar-refractivity contribution in [2.75, 3.05) is 24.5 Å². The Morgan fingerprint density at radius 1 is 1.00 bits per heavy atom. The second-order valence-electron chi connectivity index (χ2n) is 8.24. The molecule has 0 spiro atoms. The number of nitrogens with one attached hydrogen (secondary N) is 1. The van der Waals surface area contributed by atoms with Gasteiger partial charge in [-0.25, -0.2) is 12.8 Å². The molecule has 3 rings (SSSR count). The number of benzene rings is 3. The number of carbonyl (C=O) groups is 2. The van der Waals surface area contributed by atoms with Gasteiger partial charge in [-0.2, -0.15) is 0 Å². The Morgan fingerprint density at radius 3 is 2.30 bits per heavy atom. The molecule has 0 radical (unpaired) electrons. The molecule has 0 aliphatic heterocycles. The van der Waals surface area contributed by atoms with E-state index in [1.807, 2.05) is 0 Å². The molecule has 0 aliphatic rings. The lowest BCUT2D eigenvalue weighted by Crippen LogP contribution is -2.51. The smallest absolute Gasteiger partial charge is 0.264 e. The van der Waals surface area contributed by atoms with E-state index in [0.717, 1.165) is 4.31 Å². The summed E-state index contributed by atoms with van der Waals surface area (Å²) in [6, 6.07) is 18.8. The quantitative estimate of drug-likeness (QED) is 0.411. The second-order valence-corrected chi connectivity index (χ2v) is 10.1. The zero-order valence-corrected chi connectivity index (χ0v) is 21.7. The fraction of sp³-hybridized carbons (Fsp3) is 0.259. The van der Waals surface area contributed by atoms with Crippen LogP contribution in [0.4, 0.5) is 10.1 Å². The monoisotopic (exact) mass is 527 g/mol. The molecule has 37 heavy (non-hydrogen) atoms. The third kappa shape index (κ3) is 6.85. The van der Waals surface area contributed by atoms with Gasteiger partial charge in [0.05, 0.1) is 17.7 Å². The second kappa shape index (κ2) is 12.4. The standard InChI is InChI=1S/C27H30FN3O5S/c1-4-29-27(33)20(2)30(18-21-13-15-22(28)16-14-21)26(32)19-31(23-9-8-10-24(17-23)36-3)37(34,35)25-11-6-5-7-12-25/h5-17,20H,4,18-19H2,1-3H3,(H,29,33). The van der Waals surface area contributed by atoms with E-state index in [1.165, 1.54) is 54.5 Å². The van der Waals surface area contributed by atoms with Gasteiger partial charge in [0.25, 0.3) is 10.0 Å². The average molecular weight is 528 g/mol. The summed E-state index contributed by atoms with van der Waals surface area (Å²) in [6.45, 7) is 3.09. The molecule has 0 aromatic heterocycles. The number of sulfonamides is 1. The van der Waals surface area contributed by atoms with Crippen molar-refractivity contribution in [3.8, 4) is 5.75 Å². The minimum atomic E-state index is -4.16. The summed E-state index contributed by atoms with van der Waals surface area (Å²) in [5.74, 6) is -1.02.